The van der Waals surface area contributed by atoms with Gasteiger partial charge in [-0.3, -0.25) is 9.69 Å². The summed E-state index contributed by atoms with van der Waals surface area (Å²) in [5.41, 5.74) is 1.26. The Morgan fingerprint density at radius 3 is 2.81 bits per heavy atom. The molecule has 1 aliphatic rings. The van der Waals surface area contributed by atoms with Crippen molar-refractivity contribution in [2.75, 3.05) is 26.7 Å². The Morgan fingerprint density at radius 2 is 2.06 bits per heavy atom. The number of benzene rings is 1. The Morgan fingerprint density at radius 1 is 1.19 bits per heavy atom. The molecule has 0 saturated carbocycles. The van der Waals surface area contributed by atoms with Gasteiger partial charge in [0, 0.05) is 42.0 Å². The Labute approximate surface area is 192 Å². The average Bonchev–Trinajstić information content (AvgIpc) is 3.48. The Balaban J connectivity index is 1.21. The summed E-state index contributed by atoms with van der Waals surface area (Å²) >= 11 is 3.34. The summed E-state index contributed by atoms with van der Waals surface area (Å²) < 4.78 is 6.07. The summed E-state index contributed by atoms with van der Waals surface area (Å²) in [7, 11) is 2.11. The first-order valence-electron chi connectivity index (χ1n) is 10.7. The van der Waals surface area contributed by atoms with E-state index in [1.807, 2.05) is 34.0 Å². The molecule has 31 heavy (non-hydrogen) atoms. The van der Waals surface area contributed by atoms with Crippen LogP contribution in [0.3, 0.4) is 0 Å². The van der Waals surface area contributed by atoms with Crippen molar-refractivity contribution in [1.29, 1.82) is 0 Å². The number of carbonyl (C=O) groups is 1. The molecule has 0 aliphatic carbocycles. The molecule has 0 bridgehead atoms. The first-order chi connectivity index (χ1) is 15.2. The lowest BCUT2D eigenvalue weighted by Gasteiger charge is -2.32. The molecule has 2 aromatic heterocycles. The molecule has 1 atom stereocenters. The molecule has 5 nitrogen and oxygen atoms in total. The summed E-state index contributed by atoms with van der Waals surface area (Å²) in [6.07, 6.45) is 4.53. The van der Waals surface area contributed by atoms with Crippen LogP contribution < -0.4 is 4.74 Å². The lowest BCUT2D eigenvalue weighted by atomic mass is 9.98. The molecule has 0 N–H and O–H groups in total. The third kappa shape index (κ3) is 6.63. The number of hydrogen-bond donors (Lipinski definition) is 0. The van der Waals surface area contributed by atoms with Gasteiger partial charge >= 0.3 is 0 Å². The van der Waals surface area contributed by atoms with Gasteiger partial charge < -0.3 is 9.64 Å². The van der Waals surface area contributed by atoms with Crippen molar-refractivity contribution in [3.8, 4) is 5.75 Å². The quantitative estimate of drug-likeness (QED) is 0.469. The maximum atomic E-state index is 12.6. The van der Waals surface area contributed by atoms with Crippen LogP contribution in [0.2, 0.25) is 0 Å². The highest BCUT2D eigenvalue weighted by atomic mass is 32.1. The number of thiazole rings is 1. The van der Waals surface area contributed by atoms with Crippen LogP contribution in [0.5, 0.6) is 5.75 Å². The molecule has 0 unspecified atom stereocenters. The van der Waals surface area contributed by atoms with Crippen molar-refractivity contribution in [3.63, 3.8) is 0 Å². The van der Waals surface area contributed by atoms with Gasteiger partial charge in [-0.05, 0) is 49.0 Å². The van der Waals surface area contributed by atoms with Crippen LogP contribution >= 0.6 is 22.7 Å². The maximum absolute atomic E-state index is 12.6. The number of nitrogens with zero attached hydrogens (tertiary/aromatic N) is 3. The number of carbonyl (C=O) groups excluding carboxylic acids is 1. The highest BCUT2D eigenvalue weighted by molar-refractivity contribution is 7.10. The minimum atomic E-state index is 0.235. The van der Waals surface area contributed by atoms with E-state index in [1.54, 1.807) is 22.7 Å². The molecule has 3 aromatic rings. The van der Waals surface area contributed by atoms with Gasteiger partial charge in [-0.2, -0.15) is 0 Å². The highest BCUT2D eigenvalue weighted by Crippen LogP contribution is 2.21. The van der Waals surface area contributed by atoms with Gasteiger partial charge in [0.2, 0.25) is 5.91 Å². The third-order valence-corrected chi connectivity index (χ3v) is 7.17. The van der Waals surface area contributed by atoms with Gasteiger partial charge in [0.15, 0.2) is 0 Å². The molecule has 164 valence electrons. The third-order valence-electron chi connectivity index (χ3n) is 5.53. The summed E-state index contributed by atoms with van der Waals surface area (Å²) in [6.45, 7) is 4.06. The molecule has 3 heterocycles. The first-order valence-corrected chi connectivity index (χ1v) is 12.5. The van der Waals surface area contributed by atoms with E-state index in [9.17, 15) is 4.79 Å². The predicted molar refractivity (Wildman–Crippen MR) is 127 cm³/mol. The second kappa shape index (κ2) is 10.9. The molecule has 4 rings (SSSR count). The number of rotatable bonds is 9. The SMILES string of the molecule is CN(Cc1ccc(OC[C@H]2CCCN(C(=O)Cc3cccs3)C2)cc1)Cc1nccs1. The van der Waals surface area contributed by atoms with Gasteiger partial charge in [-0.25, -0.2) is 4.98 Å². The fourth-order valence-electron chi connectivity index (χ4n) is 3.94. The number of amides is 1. The van der Waals surface area contributed by atoms with Crippen LogP contribution in [-0.4, -0.2) is 47.4 Å². The number of likely N-dealkylation sites (tertiary alicyclic amines) is 1. The lowest BCUT2D eigenvalue weighted by molar-refractivity contribution is -0.132. The summed E-state index contributed by atoms with van der Waals surface area (Å²) in [5.74, 6) is 1.52. The van der Waals surface area contributed by atoms with Crippen LogP contribution in [0, 0.1) is 5.92 Å². The van der Waals surface area contributed by atoms with Crippen molar-refractivity contribution in [2.45, 2.75) is 32.4 Å². The van der Waals surface area contributed by atoms with Crippen LogP contribution in [0.15, 0.2) is 53.4 Å². The number of thiophene rings is 1. The smallest absolute Gasteiger partial charge is 0.227 e. The largest absolute Gasteiger partial charge is 0.493 e. The molecule has 0 spiro atoms. The fraction of sp³-hybridized carbons (Fsp3) is 0.417. The Hall–Kier alpha value is -2.22. The standard InChI is InChI=1S/C24H29N3O2S2/c1-26(17-23-25-10-13-31-23)15-19-6-8-21(9-7-19)29-18-20-4-2-11-27(16-20)24(28)14-22-5-3-12-30-22/h3,5-10,12-13,20H,2,4,11,14-18H2,1H3/t20-/m0/s1. The second-order valence-electron chi connectivity index (χ2n) is 8.16. The van der Waals surface area contributed by atoms with Gasteiger partial charge in [-0.15, -0.1) is 22.7 Å². The Kier molecular flexibility index (Phi) is 7.72. The summed E-state index contributed by atoms with van der Waals surface area (Å²) in [4.78, 5) is 22.4. The number of ether oxygens (including phenoxy) is 1. The Bertz CT molecular complexity index is 926. The lowest BCUT2D eigenvalue weighted by Crippen LogP contribution is -2.42. The van der Waals surface area contributed by atoms with E-state index in [0.29, 0.717) is 18.9 Å². The van der Waals surface area contributed by atoms with E-state index in [-0.39, 0.29) is 5.91 Å². The molecular formula is C24H29N3O2S2. The van der Waals surface area contributed by atoms with Crippen molar-refractivity contribution in [1.82, 2.24) is 14.8 Å². The van der Waals surface area contributed by atoms with Crippen LogP contribution in [-0.2, 0) is 24.3 Å². The number of piperidine rings is 1. The van der Waals surface area contributed by atoms with Crippen molar-refractivity contribution < 1.29 is 9.53 Å². The maximum Gasteiger partial charge on any atom is 0.227 e. The molecule has 1 saturated heterocycles. The van der Waals surface area contributed by atoms with E-state index < -0.39 is 0 Å². The number of hydrogen-bond acceptors (Lipinski definition) is 6. The predicted octanol–water partition coefficient (Wildman–Crippen LogP) is 4.70. The van der Waals surface area contributed by atoms with Gasteiger partial charge in [0.25, 0.3) is 0 Å². The van der Waals surface area contributed by atoms with Crippen LogP contribution in [0.1, 0.15) is 28.3 Å². The zero-order valence-corrected chi connectivity index (χ0v) is 19.5. The van der Waals surface area contributed by atoms with Gasteiger partial charge in [0.05, 0.1) is 19.6 Å². The van der Waals surface area contributed by atoms with Gasteiger partial charge in [0.1, 0.15) is 10.8 Å². The topological polar surface area (TPSA) is 45.7 Å². The monoisotopic (exact) mass is 455 g/mol. The van der Waals surface area contributed by atoms with Crippen molar-refractivity contribution in [2.24, 2.45) is 5.92 Å². The molecule has 1 aliphatic heterocycles. The zero-order valence-electron chi connectivity index (χ0n) is 17.9. The molecule has 1 amide bonds. The second-order valence-corrected chi connectivity index (χ2v) is 10.2. The molecule has 0 radical (unpaired) electrons. The van der Waals surface area contributed by atoms with E-state index in [4.69, 9.17) is 4.74 Å². The normalized spacial score (nSPS) is 16.6. The fourth-order valence-corrected chi connectivity index (χ4v) is 5.33. The van der Waals surface area contributed by atoms with Crippen LogP contribution in [0.4, 0.5) is 0 Å². The van der Waals surface area contributed by atoms with Crippen molar-refractivity contribution >= 4 is 28.6 Å². The van der Waals surface area contributed by atoms with E-state index >= 15 is 0 Å². The molecule has 1 fully saturated rings. The minimum absolute atomic E-state index is 0.235. The van der Waals surface area contributed by atoms with E-state index in [1.165, 1.54) is 5.56 Å². The first kappa shape index (κ1) is 22.0. The molecule has 7 heteroatoms. The van der Waals surface area contributed by atoms with Crippen molar-refractivity contribution in [3.05, 3.63) is 68.8 Å². The molecular weight excluding hydrogens is 426 g/mol. The minimum Gasteiger partial charge on any atom is -0.493 e. The van der Waals surface area contributed by atoms with E-state index in [2.05, 4.69) is 41.2 Å². The molecule has 1 aromatic carbocycles. The van der Waals surface area contributed by atoms with Gasteiger partial charge in [-0.1, -0.05) is 18.2 Å². The summed E-state index contributed by atoms with van der Waals surface area (Å²) in [6, 6.07) is 12.4. The average molecular weight is 456 g/mol. The zero-order chi connectivity index (χ0) is 21.5. The summed E-state index contributed by atoms with van der Waals surface area (Å²) in [5, 5.41) is 5.18. The number of aromatic nitrogens is 1. The van der Waals surface area contributed by atoms with Crippen LogP contribution in [0.25, 0.3) is 0 Å². The van der Waals surface area contributed by atoms with E-state index in [0.717, 1.165) is 54.7 Å². The highest BCUT2D eigenvalue weighted by Gasteiger charge is 2.24.